The summed E-state index contributed by atoms with van der Waals surface area (Å²) in [6, 6.07) is 15.2. The van der Waals surface area contributed by atoms with Gasteiger partial charge in [0.1, 0.15) is 17.3 Å². The van der Waals surface area contributed by atoms with Gasteiger partial charge in [-0.05, 0) is 29.7 Å². The number of para-hydroxylation sites is 1. The van der Waals surface area contributed by atoms with Crippen LogP contribution in [0.15, 0.2) is 59.6 Å². The van der Waals surface area contributed by atoms with Gasteiger partial charge in [-0.25, -0.2) is 13.8 Å². The summed E-state index contributed by atoms with van der Waals surface area (Å²) in [5.74, 6) is -2.16. The van der Waals surface area contributed by atoms with Crippen LogP contribution in [0.4, 0.5) is 25.8 Å². The molecule has 0 bridgehead atoms. The van der Waals surface area contributed by atoms with Crippen molar-refractivity contribution in [2.24, 2.45) is 4.99 Å². The fraction of sp³-hybridized carbons (Fsp3) is 0.0526. The Labute approximate surface area is 152 Å². The van der Waals surface area contributed by atoms with E-state index in [1.54, 1.807) is 0 Å². The topological polar surface area (TPSA) is 53.5 Å². The van der Waals surface area contributed by atoms with E-state index in [1.807, 2.05) is 36.4 Å². The molecule has 3 aromatic carbocycles. The second-order valence-electron chi connectivity index (χ2n) is 5.66. The summed E-state index contributed by atoms with van der Waals surface area (Å²) in [6.45, 7) is 0. The van der Waals surface area contributed by atoms with Gasteiger partial charge in [0, 0.05) is 5.39 Å². The lowest BCUT2D eigenvalue weighted by molar-refractivity contribution is -0.113. The predicted molar refractivity (Wildman–Crippen MR) is 102 cm³/mol. The van der Waals surface area contributed by atoms with Crippen LogP contribution < -0.4 is 10.6 Å². The monoisotopic (exact) mass is 369 g/mol. The molecule has 0 saturated carbocycles. The highest BCUT2D eigenvalue weighted by molar-refractivity contribution is 8.14. The summed E-state index contributed by atoms with van der Waals surface area (Å²) in [6.07, 6.45) is 0. The van der Waals surface area contributed by atoms with E-state index in [4.69, 9.17) is 0 Å². The second-order valence-corrected chi connectivity index (χ2v) is 6.62. The molecule has 0 radical (unpaired) electrons. The number of hydrogen-bond acceptors (Lipinski definition) is 4. The van der Waals surface area contributed by atoms with Crippen LogP contribution in [0.5, 0.6) is 0 Å². The summed E-state index contributed by atoms with van der Waals surface area (Å²) in [5.41, 5.74) is 1.29. The van der Waals surface area contributed by atoms with Crippen molar-refractivity contribution in [3.05, 3.63) is 66.2 Å². The van der Waals surface area contributed by atoms with Crippen molar-refractivity contribution < 1.29 is 13.6 Å². The van der Waals surface area contributed by atoms with Crippen LogP contribution >= 0.6 is 11.8 Å². The largest absolute Gasteiger partial charge is 0.334 e. The van der Waals surface area contributed by atoms with E-state index in [1.165, 1.54) is 17.8 Å². The Hall–Kier alpha value is -2.93. The van der Waals surface area contributed by atoms with Crippen LogP contribution in [0.3, 0.4) is 0 Å². The summed E-state index contributed by atoms with van der Waals surface area (Å²) >= 11 is 1.17. The Morgan fingerprint density at radius 3 is 2.50 bits per heavy atom. The normalized spacial score (nSPS) is 12.5. The first-order chi connectivity index (χ1) is 12.6. The Bertz CT molecular complexity index is 1030. The maximum atomic E-state index is 13.6. The van der Waals surface area contributed by atoms with Crippen molar-refractivity contribution in [2.45, 2.75) is 0 Å². The zero-order valence-electron chi connectivity index (χ0n) is 13.4. The number of amides is 1. The molecule has 1 amide bonds. The fourth-order valence-electron chi connectivity index (χ4n) is 2.77. The quantitative estimate of drug-likeness (QED) is 0.690. The number of rotatable bonds is 3. The van der Waals surface area contributed by atoms with E-state index in [-0.39, 0.29) is 5.75 Å². The summed E-state index contributed by atoms with van der Waals surface area (Å²) in [4.78, 5) is 16.6. The number of thioether (sulfide) groups is 1. The van der Waals surface area contributed by atoms with E-state index in [9.17, 15) is 13.6 Å². The Kier molecular flexibility index (Phi) is 4.30. The van der Waals surface area contributed by atoms with Gasteiger partial charge < -0.3 is 10.6 Å². The number of amidine groups is 1. The molecule has 2 N–H and O–H groups in total. The smallest absolute Gasteiger partial charge is 0.235 e. The minimum Gasteiger partial charge on any atom is -0.334 e. The molecule has 1 heterocycles. The number of nitrogens with zero attached hydrogens (tertiary/aromatic N) is 1. The lowest BCUT2D eigenvalue weighted by atomic mass is 10.1. The molecule has 0 spiro atoms. The van der Waals surface area contributed by atoms with Gasteiger partial charge >= 0.3 is 0 Å². The number of hydrogen-bond donors (Lipinski definition) is 2. The molecular weight excluding hydrogens is 356 g/mol. The zero-order chi connectivity index (χ0) is 18.1. The predicted octanol–water partition coefficient (Wildman–Crippen LogP) is 4.90. The number of carbonyl (C=O) groups is 1. The van der Waals surface area contributed by atoms with Crippen molar-refractivity contribution in [3.8, 4) is 0 Å². The van der Waals surface area contributed by atoms with Gasteiger partial charge in [0.2, 0.25) is 5.91 Å². The van der Waals surface area contributed by atoms with Crippen LogP contribution in [0.2, 0.25) is 0 Å². The molecule has 26 heavy (non-hydrogen) atoms. The fourth-order valence-corrected chi connectivity index (χ4v) is 3.45. The molecule has 0 unspecified atom stereocenters. The molecule has 0 fully saturated rings. The zero-order valence-corrected chi connectivity index (χ0v) is 14.2. The molecule has 0 aliphatic carbocycles. The summed E-state index contributed by atoms with van der Waals surface area (Å²) in [5, 5.41) is 8.11. The van der Waals surface area contributed by atoms with E-state index < -0.39 is 23.2 Å². The highest BCUT2D eigenvalue weighted by Crippen LogP contribution is 2.36. The first kappa shape index (κ1) is 16.5. The number of nitrogens with one attached hydrogen (secondary N) is 2. The first-order valence-corrected chi connectivity index (χ1v) is 8.84. The van der Waals surface area contributed by atoms with Crippen LogP contribution in [0.1, 0.15) is 0 Å². The maximum Gasteiger partial charge on any atom is 0.235 e. The van der Waals surface area contributed by atoms with E-state index >= 15 is 0 Å². The van der Waals surface area contributed by atoms with Gasteiger partial charge in [0.05, 0.1) is 17.1 Å². The highest BCUT2D eigenvalue weighted by Gasteiger charge is 2.17. The molecule has 7 heteroatoms. The highest BCUT2D eigenvalue weighted by atomic mass is 32.2. The number of carbonyl (C=O) groups excluding carboxylic acids is 1. The molecule has 4 rings (SSSR count). The molecule has 0 aromatic heterocycles. The Balaban J connectivity index is 1.48. The third kappa shape index (κ3) is 3.13. The standard InChI is InChI=1S/C19H13F2N3OS/c20-12-6-3-7-13(21)18(12)24-16(25)10-26-19-22-14-8-1-4-11-5-2-9-15(23-19)17(11)14/h1-9H,10H2,(H,22,23)(H,24,25). The van der Waals surface area contributed by atoms with Crippen molar-refractivity contribution in [1.29, 1.82) is 0 Å². The molecular formula is C19H13F2N3OS. The van der Waals surface area contributed by atoms with Crippen LogP contribution in [-0.2, 0) is 4.79 Å². The maximum absolute atomic E-state index is 13.6. The average molecular weight is 369 g/mol. The van der Waals surface area contributed by atoms with Gasteiger partial charge in [-0.15, -0.1) is 0 Å². The molecule has 0 saturated heterocycles. The molecule has 1 aliphatic rings. The molecule has 0 atom stereocenters. The lowest BCUT2D eigenvalue weighted by Gasteiger charge is -2.18. The third-order valence-corrected chi connectivity index (χ3v) is 4.79. The van der Waals surface area contributed by atoms with E-state index in [0.29, 0.717) is 5.17 Å². The number of benzene rings is 3. The summed E-state index contributed by atoms with van der Waals surface area (Å²) < 4.78 is 27.2. The first-order valence-electron chi connectivity index (χ1n) is 7.86. The van der Waals surface area contributed by atoms with Crippen molar-refractivity contribution >= 4 is 50.7 Å². The minimum atomic E-state index is -0.808. The van der Waals surface area contributed by atoms with Crippen molar-refractivity contribution in [1.82, 2.24) is 0 Å². The number of aliphatic imine (C=N–C) groups is 1. The van der Waals surface area contributed by atoms with Crippen LogP contribution in [-0.4, -0.2) is 16.8 Å². The van der Waals surface area contributed by atoms with Gasteiger partial charge in [-0.3, -0.25) is 4.79 Å². The lowest BCUT2D eigenvalue weighted by Crippen LogP contribution is -2.19. The van der Waals surface area contributed by atoms with E-state index in [0.717, 1.165) is 34.3 Å². The van der Waals surface area contributed by atoms with Crippen molar-refractivity contribution in [3.63, 3.8) is 0 Å². The number of halogens is 2. The van der Waals surface area contributed by atoms with Crippen LogP contribution in [0.25, 0.3) is 10.8 Å². The summed E-state index contributed by atoms with van der Waals surface area (Å²) in [7, 11) is 0. The van der Waals surface area contributed by atoms with Crippen LogP contribution in [0, 0.1) is 11.6 Å². The van der Waals surface area contributed by atoms with E-state index in [2.05, 4.69) is 15.6 Å². The molecule has 3 aromatic rings. The molecule has 130 valence electrons. The third-order valence-electron chi connectivity index (χ3n) is 3.91. The number of anilines is 2. The van der Waals surface area contributed by atoms with Crippen molar-refractivity contribution in [2.75, 3.05) is 16.4 Å². The average Bonchev–Trinajstić information content (AvgIpc) is 2.64. The second kappa shape index (κ2) is 6.76. The van der Waals surface area contributed by atoms with Gasteiger partial charge in [0.15, 0.2) is 5.17 Å². The molecule has 1 aliphatic heterocycles. The SMILES string of the molecule is O=C(CSC1=Nc2cccc3cccc(c23)N1)Nc1c(F)cccc1F. The Morgan fingerprint density at radius 1 is 1.04 bits per heavy atom. The van der Waals surface area contributed by atoms with Gasteiger partial charge in [-0.1, -0.05) is 42.1 Å². The Morgan fingerprint density at radius 2 is 1.73 bits per heavy atom. The van der Waals surface area contributed by atoms with Gasteiger partial charge in [-0.2, -0.15) is 0 Å². The minimum absolute atomic E-state index is 0.0300. The molecule has 4 nitrogen and oxygen atoms in total. The van der Waals surface area contributed by atoms with Gasteiger partial charge in [0.25, 0.3) is 0 Å².